The highest BCUT2D eigenvalue weighted by atomic mass is 16.5. The lowest BCUT2D eigenvalue weighted by molar-refractivity contribution is -0.156. The van der Waals surface area contributed by atoms with Gasteiger partial charge in [-0.2, -0.15) is 0 Å². The van der Waals surface area contributed by atoms with Crippen molar-refractivity contribution in [1.29, 1.82) is 0 Å². The van der Waals surface area contributed by atoms with Gasteiger partial charge in [-0.3, -0.25) is 24.6 Å². The van der Waals surface area contributed by atoms with Crippen LogP contribution >= 0.6 is 0 Å². The summed E-state index contributed by atoms with van der Waals surface area (Å²) in [6, 6.07) is 13.0. The molecule has 2 aromatic carbocycles. The Bertz CT molecular complexity index is 1140. The van der Waals surface area contributed by atoms with Crippen LogP contribution in [-0.2, 0) is 25.7 Å². The average Bonchev–Trinajstić information content (AvgIpc) is 3.29. The minimum atomic E-state index is -1.83. The predicted octanol–water partition coefficient (Wildman–Crippen LogP) is 2.49. The molecule has 0 saturated carbocycles. The monoisotopic (exact) mass is 482 g/mol. The maximum absolute atomic E-state index is 13.6. The van der Waals surface area contributed by atoms with Gasteiger partial charge in [0.05, 0.1) is 32.2 Å². The van der Waals surface area contributed by atoms with Gasteiger partial charge in [0.15, 0.2) is 17.0 Å². The molecule has 35 heavy (non-hydrogen) atoms. The average molecular weight is 483 g/mol. The molecule has 0 bridgehead atoms. The van der Waals surface area contributed by atoms with Crippen molar-refractivity contribution < 1.29 is 34.1 Å². The highest BCUT2D eigenvalue weighted by Crippen LogP contribution is 2.51. The summed E-state index contributed by atoms with van der Waals surface area (Å²) in [5.74, 6) is -4.31. The topological polar surface area (TPSA) is 125 Å². The van der Waals surface area contributed by atoms with Crippen LogP contribution in [0.25, 0.3) is 0 Å². The number of nitrogens with zero attached hydrogens (tertiary/aromatic N) is 1. The van der Waals surface area contributed by atoms with E-state index in [0.717, 1.165) is 5.56 Å². The van der Waals surface area contributed by atoms with Crippen LogP contribution in [0.2, 0.25) is 0 Å². The number of likely N-dealkylation sites (tertiary alicyclic amines) is 1. The van der Waals surface area contributed by atoms with Crippen molar-refractivity contribution in [3.63, 3.8) is 0 Å². The molecule has 0 radical (unpaired) electrons. The van der Waals surface area contributed by atoms with Crippen molar-refractivity contribution in [3.8, 4) is 11.5 Å². The molecule has 2 fully saturated rings. The third kappa shape index (κ3) is 4.15. The number of rotatable bonds is 7. The van der Waals surface area contributed by atoms with Gasteiger partial charge in [0, 0.05) is 11.6 Å². The van der Waals surface area contributed by atoms with Gasteiger partial charge in [0.25, 0.3) is 0 Å². The van der Waals surface area contributed by atoms with Crippen LogP contribution in [0.15, 0.2) is 48.5 Å². The van der Waals surface area contributed by atoms with Gasteiger partial charge in [-0.25, -0.2) is 0 Å². The van der Waals surface area contributed by atoms with Crippen LogP contribution in [0, 0.1) is 11.8 Å². The molecule has 2 heterocycles. The Morgan fingerprint density at radius 2 is 1.80 bits per heavy atom. The second-order valence-corrected chi connectivity index (χ2v) is 9.99. The summed E-state index contributed by atoms with van der Waals surface area (Å²) in [7, 11) is 1.40. The van der Waals surface area contributed by atoms with Crippen molar-refractivity contribution in [2.24, 2.45) is 11.8 Å². The minimum absolute atomic E-state index is 0.0911. The summed E-state index contributed by atoms with van der Waals surface area (Å²) < 4.78 is 11.1. The molecule has 4 unspecified atom stereocenters. The van der Waals surface area contributed by atoms with Gasteiger partial charge in [-0.05, 0) is 44.0 Å². The van der Waals surface area contributed by atoms with E-state index in [1.54, 1.807) is 32.9 Å². The fourth-order valence-electron chi connectivity index (χ4n) is 5.13. The number of phenolic OH excluding ortho intramolecular Hbond substituents is 1. The molecule has 2 aromatic rings. The number of aromatic hydroxyl groups is 1. The molecular formula is C26H30N2O7. The highest BCUT2D eigenvalue weighted by molar-refractivity contribution is 6.10. The zero-order valence-electron chi connectivity index (χ0n) is 20.1. The molecule has 4 rings (SSSR count). The van der Waals surface area contributed by atoms with E-state index in [0.29, 0.717) is 5.56 Å². The van der Waals surface area contributed by atoms with E-state index < -0.39 is 46.7 Å². The summed E-state index contributed by atoms with van der Waals surface area (Å²) in [4.78, 5) is 41.2. The lowest BCUT2D eigenvalue weighted by Crippen LogP contribution is -2.60. The van der Waals surface area contributed by atoms with E-state index in [1.165, 1.54) is 18.1 Å². The number of methoxy groups -OCH3 is 1. The zero-order valence-corrected chi connectivity index (χ0v) is 20.1. The van der Waals surface area contributed by atoms with E-state index in [4.69, 9.17) is 9.47 Å². The quantitative estimate of drug-likeness (QED) is 0.514. The Morgan fingerprint density at radius 1 is 1.11 bits per heavy atom. The van der Waals surface area contributed by atoms with Crippen molar-refractivity contribution in [3.05, 3.63) is 59.7 Å². The second kappa shape index (κ2) is 8.98. The number of ether oxygens (including phenoxy) is 2. The number of amides is 2. The van der Waals surface area contributed by atoms with Crippen LogP contribution in [0.4, 0.5) is 0 Å². The molecule has 2 amide bonds. The van der Waals surface area contributed by atoms with Crippen LogP contribution in [-0.4, -0.2) is 57.7 Å². The first kappa shape index (κ1) is 24.7. The summed E-state index contributed by atoms with van der Waals surface area (Å²) in [5.41, 5.74) is -1.28. The number of nitrogens with one attached hydrogen (secondary N) is 1. The number of fused-ring (bicyclic) bond motifs is 1. The van der Waals surface area contributed by atoms with E-state index in [-0.39, 0.29) is 24.7 Å². The number of benzene rings is 2. The van der Waals surface area contributed by atoms with Gasteiger partial charge in [0.1, 0.15) is 0 Å². The molecule has 3 N–H and O–H groups in total. The maximum atomic E-state index is 13.6. The van der Waals surface area contributed by atoms with Gasteiger partial charge in [-0.1, -0.05) is 36.4 Å². The first-order valence-electron chi connectivity index (χ1n) is 11.4. The molecule has 0 aliphatic carbocycles. The number of hydrogen-bond acceptors (Lipinski definition) is 7. The Kier molecular flexibility index (Phi) is 6.33. The minimum Gasteiger partial charge on any atom is -0.504 e. The Labute approximate surface area is 203 Å². The number of carboxylic acid groups (broad SMARTS) is 1. The van der Waals surface area contributed by atoms with Crippen LogP contribution in [0.3, 0.4) is 0 Å². The van der Waals surface area contributed by atoms with E-state index >= 15 is 0 Å². The molecular weight excluding hydrogens is 452 g/mol. The number of carbonyl (C=O) groups excluding carboxylic acids is 2. The first-order valence-corrected chi connectivity index (χ1v) is 11.4. The molecule has 2 aliphatic rings. The normalized spacial score (nSPS) is 26.2. The van der Waals surface area contributed by atoms with Crippen molar-refractivity contribution in [1.82, 2.24) is 10.2 Å². The lowest BCUT2D eigenvalue weighted by Gasteiger charge is -2.35. The second-order valence-electron chi connectivity index (χ2n) is 9.99. The molecule has 4 atom stereocenters. The molecule has 0 aromatic heterocycles. The fraction of sp³-hybridized carbons (Fsp3) is 0.423. The smallest absolute Gasteiger partial charge is 0.327 e. The predicted molar refractivity (Wildman–Crippen MR) is 126 cm³/mol. The summed E-state index contributed by atoms with van der Waals surface area (Å²) in [5, 5.41) is 23.5. The Balaban J connectivity index is 1.76. The SMILES string of the molecule is COc1cc(C2NC(COCc3ccccc3)(C(=O)O)C3C(=O)N(C(C)(C)C)C(=O)C23)ccc1O. The zero-order chi connectivity index (χ0) is 25.5. The molecule has 0 spiro atoms. The first-order chi connectivity index (χ1) is 16.5. The van der Waals surface area contributed by atoms with Gasteiger partial charge in [0.2, 0.25) is 11.8 Å². The van der Waals surface area contributed by atoms with E-state index in [2.05, 4.69) is 5.32 Å². The fourth-order valence-corrected chi connectivity index (χ4v) is 5.13. The number of carboxylic acids is 1. The lowest BCUT2D eigenvalue weighted by atomic mass is 9.79. The van der Waals surface area contributed by atoms with Crippen LogP contribution in [0.1, 0.15) is 37.9 Å². The number of phenols is 1. The molecule has 2 saturated heterocycles. The number of aliphatic carboxylic acids is 1. The van der Waals surface area contributed by atoms with Crippen LogP contribution in [0.5, 0.6) is 11.5 Å². The Morgan fingerprint density at radius 3 is 2.40 bits per heavy atom. The standard InChI is InChI=1S/C26H30N2O7/c1-25(2,3)28-22(30)19-20(23(28)31)26(24(32)33,14-35-13-15-8-6-5-7-9-15)27-21(19)16-10-11-17(29)18(12-16)34-4/h5-12,19-21,27,29H,13-14H2,1-4H3,(H,32,33). The number of imide groups is 1. The molecule has 2 aliphatic heterocycles. The molecule has 9 heteroatoms. The third-order valence-electron chi connectivity index (χ3n) is 6.71. The van der Waals surface area contributed by atoms with Gasteiger partial charge < -0.3 is 19.7 Å². The number of carbonyl (C=O) groups is 3. The summed E-state index contributed by atoms with van der Waals surface area (Å²) in [6.45, 7) is 5.05. The van der Waals surface area contributed by atoms with Crippen molar-refractivity contribution in [2.75, 3.05) is 13.7 Å². The van der Waals surface area contributed by atoms with Crippen molar-refractivity contribution >= 4 is 17.8 Å². The van der Waals surface area contributed by atoms with E-state index in [9.17, 15) is 24.6 Å². The molecule has 9 nitrogen and oxygen atoms in total. The molecule has 186 valence electrons. The van der Waals surface area contributed by atoms with Gasteiger partial charge >= 0.3 is 5.97 Å². The summed E-state index contributed by atoms with van der Waals surface area (Å²) >= 11 is 0. The van der Waals surface area contributed by atoms with E-state index in [1.807, 2.05) is 30.3 Å². The maximum Gasteiger partial charge on any atom is 0.327 e. The summed E-state index contributed by atoms with van der Waals surface area (Å²) in [6.07, 6.45) is 0. The largest absolute Gasteiger partial charge is 0.504 e. The highest BCUT2D eigenvalue weighted by Gasteiger charge is 2.69. The van der Waals surface area contributed by atoms with Gasteiger partial charge in [-0.15, -0.1) is 0 Å². The van der Waals surface area contributed by atoms with Crippen LogP contribution < -0.4 is 10.1 Å². The van der Waals surface area contributed by atoms with Crippen molar-refractivity contribution in [2.45, 2.75) is 44.5 Å². The Hall–Kier alpha value is -3.43. The number of hydrogen-bond donors (Lipinski definition) is 3. The third-order valence-corrected chi connectivity index (χ3v) is 6.71.